The minimum Gasteiger partial charge on any atom is -0.385 e. The van der Waals surface area contributed by atoms with Crippen LogP contribution in [-0.4, -0.2) is 59.0 Å². The van der Waals surface area contributed by atoms with Gasteiger partial charge in [0.1, 0.15) is 0 Å². The summed E-state index contributed by atoms with van der Waals surface area (Å²) in [6.07, 6.45) is 7.10. The van der Waals surface area contributed by atoms with Gasteiger partial charge < -0.3 is 9.47 Å². The lowest BCUT2D eigenvalue weighted by atomic mass is 10.1. The summed E-state index contributed by atoms with van der Waals surface area (Å²) in [5.74, 6) is 0. The molecule has 6 heteroatoms. The molecule has 1 unspecified atom stereocenters. The molecule has 26 heavy (non-hydrogen) atoms. The van der Waals surface area contributed by atoms with Crippen LogP contribution in [0.4, 0.5) is 0 Å². The molecule has 0 bridgehead atoms. The average Bonchev–Trinajstić information content (AvgIpc) is 3.10. The molecule has 3 heterocycles. The van der Waals surface area contributed by atoms with Gasteiger partial charge in [0.2, 0.25) is 0 Å². The largest absolute Gasteiger partial charge is 0.385 e. The molecule has 0 radical (unpaired) electrons. The van der Waals surface area contributed by atoms with Gasteiger partial charge >= 0.3 is 0 Å². The van der Waals surface area contributed by atoms with Gasteiger partial charge in [0.05, 0.1) is 18.9 Å². The molecular weight excluding hydrogens is 328 g/mol. The van der Waals surface area contributed by atoms with Gasteiger partial charge in [-0.3, -0.25) is 4.90 Å². The van der Waals surface area contributed by atoms with Crippen molar-refractivity contribution in [2.24, 2.45) is 0 Å². The molecule has 0 aliphatic carbocycles. The summed E-state index contributed by atoms with van der Waals surface area (Å²) in [6, 6.07) is 10.3. The van der Waals surface area contributed by atoms with Crippen LogP contribution in [0.2, 0.25) is 0 Å². The molecule has 6 nitrogen and oxygen atoms in total. The van der Waals surface area contributed by atoms with Crippen LogP contribution in [0, 0.1) is 0 Å². The van der Waals surface area contributed by atoms with E-state index in [2.05, 4.69) is 33.3 Å². The number of ether oxygens (including phenoxy) is 2. The first kappa shape index (κ1) is 17.1. The standard InChI is InChI=1S/C20H24N4O2/c1-25-9-7-18-15-23(8-10-26-18)13-16-11-21-20-19(12-22-24(20)14-16)17-5-3-2-4-6-17/h2-6,11-12,14,18H,7-10,13,15H2,1H3. The molecule has 0 N–H and O–H groups in total. The van der Waals surface area contributed by atoms with Crippen molar-refractivity contribution in [2.75, 3.05) is 33.4 Å². The minimum absolute atomic E-state index is 0.245. The van der Waals surface area contributed by atoms with Crippen molar-refractivity contribution in [2.45, 2.75) is 19.1 Å². The highest BCUT2D eigenvalue weighted by Gasteiger charge is 2.20. The zero-order valence-corrected chi connectivity index (χ0v) is 15.0. The average molecular weight is 352 g/mol. The smallest absolute Gasteiger partial charge is 0.162 e. The lowest BCUT2D eigenvalue weighted by molar-refractivity contribution is -0.0433. The van der Waals surface area contributed by atoms with E-state index in [-0.39, 0.29) is 6.10 Å². The highest BCUT2D eigenvalue weighted by atomic mass is 16.5. The van der Waals surface area contributed by atoms with Crippen molar-refractivity contribution >= 4 is 5.65 Å². The van der Waals surface area contributed by atoms with Crippen molar-refractivity contribution in [3.05, 3.63) is 54.5 Å². The maximum absolute atomic E-state index is 5.82. The molecule has 3 aromatic rings. The van der Waals surface area contributed by atoms with Gasteiger partial charge in [-0.1, -0.05) is 30.3 Å². The number of hydrogen-bond acceptors (Lipinski definition) is 5. The molecule has 0 spiro atoms. The molecular formula is C20H24N4O2. The molecule has 136 valence electrons. The first-order valence-electron chi connectivity index (χ1n) is 9.04. The van der Waals surface area contributed by atoms with Gasteiger partial charge in [0, 0.05) is 56.9 Å². The highest BCUT2D eigenvalue weighted by Crippen LogP contribution is 2.23. The van der Waals surface area contributed by atoms with Crippen LogP contribution in [0.15, 0.2) is 48.9 Å². The zero-order valence-electron chi connectivity index (χ0n) is 15.0. The Hall–Kier alpha value is -2.28. The molecule has 0 amide bonds. The van der Waals surface area contributed by atoms with Gasteiger partial charge in [-0.2, -0.15) is 5.10 Å². The fourth-order valence-electron chi connectivity index (χ4n) is 3.42. The summed E-state index contributed by atoms with van der Waals surface area (Å²) in [7, 11) is 1.73. The Kier molecular flexibility index (Phi) is 5.24. The number of benzene rings is 1. The molecule has 1 fully saturated rings. The van der Waals surface area contributed by atoms with Crippen LogP contribution in [-0.2, 0) is 16.0 Å². The van der Waals surface area contributed by atoms with E-state index in [1.165, 1.54) is 0 Å². The van der Waals surface area contributed by atoms with Crippen LogP contribution in [0.3, 0.4) is 0 Å². The number of hydrogen-bond donors (Lipinski definition) is 0. The summed E-state index contributed by atoms with van der Waals surface area (Å²) >= 11 is 0. The van der Waals surface area contributed by atoms with Crippen LogP contribution in [0.25, 0.3) is 16.8 Å². The Morgan fingerprint density at radius 1 is 1.23 bits per heavy atom. The van der Waals surface area contributed by atoms with Gasteiger partial charge in [-0.25, -0.2) is 9.50 Å². The fourth-order valence-corrected chi connectivity index (χ4v) is 3.42. The van der Waals surface area contributed by atoms with E-state index in [4.69, 9.17) is 9.47 Å². The van der Waals surface area contributed by atoms with E-state index in [0.717, 1.165) is 61.6 Å². The van der Waals surface area contributed by atoms with E-state index >= 15 is 0 Å². The summed E-state index contributed by atoms with van der Waals surface area (Å²) in [5, 5.41) is 4.50. The van der Waals surface area contributed by atoms with Crippen molar-refractivity contribution in [1.29, 1.82) is 0 Å². The number of rotatable bonds is 6. The Balaban J connectivity index is 1.48. The van der Waals surface area contributed by atoms with Crippen molar-refractivity contribution in [3.8, 4) is 11.1 Å². The van der Waals surface area contributed by atoms with Crippen molar-refractivity contribution in [1.82, 2.24) is 19.5 Å². The predicted molar refractivity (Wildman–Crippen MR) is 99.9 cm³/mol. The molecule has 0 saturated carbocycles. The Labute approximate surface area is 153 Å². The van der Waals surface area contributed by atoms with Crippen LogP contribution in [0.1, 0.15) is 12.0 Å². The van der Waals surface area contributed by atoms with Crippen LogP contribution < -0.4 is 0 Å². The number of fused-ring (bicyclic) bond motifs is 1. The van der Waals surface area contributed by atoms with Crippen LogP contribution in [0.5, 0.6) is 0 Å². The fraction of sp³-hybridized carbons (Fsp3) is 0.400. The maximum atomic E-state index is 5.82. The second-order valence-electron chi connectivity index (χ2n) is 6.66. The molecule has 2 aromatic heterocycles. The molecule has 1 aromatic carbocycles. The lowest BCUT2D eigenvalue weighted by Gasteiger charge is -2.32. The lowest BCUT2D eigenvalue weighted by Crippen LogP contribution is -2.42. The maximum Gasteiger partial charge on any atom is 0.162 e. The highest BCUT2D eigenvalue weighted by molar-refractivity contribution is 5.76. The minimum atomic E-state index is 0.245. The van der Waals surface area contributed by atoms with Crippen molar-refractivity contribution in [3.63, 3.8) is 0 Å². The molecule has 1 aliphatic rings. The summed E-state index contributed by atoms with van der Waals surface area (Å²) in [5.41, 5.74) is 4.24. The first-order chi connectivity index (χ1) is 12.8. The number of nitrogens with zero attached hydrogens (tertiary/aromatic N) is 4. The van der Waals surface area contributed by atoms with Gasteiger partial charge in [0.25, 0.3) is 0 Å². The number of morpholine rings is 1. The quantitative estimate of drug-likeness (QED) is 0.683. The topological polar surface area (TPSA) is 51.9 Å². The Bertz CT molecular complexity index is 849. The number of methoxy groups -OCH3 is 1. The monoisotopic (exact) mass is 352 g/mol. The molecule has 1 atom stereocenters. The second kappa shape index (κ2) is 7.95. The van der Waals surface area contributed by atoms with E-state index < -0.39 is 0 Å². The molecule has 1 saturated heterocycles. The molecule has 1 aliphatic heterocycles. The van der Waals surface area contributed by atoms with Gasteiger partial charge in [-0.05, 0) is 12.0 Å². The first-order valence-corrected chi connectivity index (χ1v) is 9.04. The summed E-state index contributed by atoms with van der Waals surface area (Å²) in [6.45, 7) is 4.23. The molecule has 4 rings (SSSR count). The summed E-state index contributed by atoms with van der Waals surface area (Å²) < 4.78 is 12.9. The predicted octanol–water partition coefficient (Wildman–Crippen LogP) is 2.63. The normalized spacial score (nSPS) is 18.4. The third-order valence-corrected chi connectivity index (χ3v) is 4.77. The Morgan fingerprint density at radius 3 is 2.96 bits per heavy atom. The third kappa shape index (κ3) is 3.77. The number of aromatic nitrogens is 3. The van der Waals surface area contributed by atoms with Gasteiger partial charge in [-0.15, -0.1) is 0 Å². The van der Waals surface area contributed by atoms with Gasteiger partial charge in [0.15, 0.2) is 5.65 Å². The van der Waals surface area contributed by atoms with Crippen LogP contribution >= 0.6 is 0 Å². The van der Waals surface area contributed by atoms with E-state index in [0.29, 0.717) is 0 Å². The van der Waals surface area contributed by atoms with E-state index in [1.807, 2.05) is 35.1 Å². The van der Waals surface area contributed by atoms with Crippen molar-refractivity contribution < 1.29 is 9.47 Å². The zero-order chi connectivity index (χ0) is 17.8. The summed E-state index contributed by atoms with van der Waals surface area (Å²) in [4.78, 5) is 7.09. The second-order valence-corrected chi connectivity index (χ2v) is 6.66. The Morgan fingerprint density at radius 2 is 2.12 bits per heavy atom. The SMILES string of the molecule is COCCC1CN(Cc2cnc3c(-c4ccccc4)cnn3c2)CCO1. The third-order valence-electron chi connectivity index (χ3n) is 4.77. The van der Waals surface area contributed by atoms with E-state index in [9.17, 15) is 0 Å². The van der Waals surface area contributed by atoms with E-state index in [1.54, 1.807) is 7.11 Å².